The van der Waals surface area contributed by atoms with Gasteiger partial charge in [-0.3, -0.25) is 23.6 Å². The number of rotatable bonds is 16. The standard InChI is InChI=1S/C62H76N4O11S/c1-10-58(11-2,39-76-78(71,72)44-25-23-40(4)24-26-44)35-43-36-61(56(68)74-8,52-46(45-21-16-17-22-49(45)63-52)27-31-65(38-43)37-42-19-14-13-15-20-42)48-33-47-50(34-51(48)73-7)64(6)54-60(47)29-32-66-30-18-28-59(12-3,53(60)66)55(77-41(5)67)62(54,70)57(69)75-9/h13-26,28,33-34,43,53-55,63,70H,10-12,27,29-32,35-39H2,1-9H3/t43-,53-,54+,55+,59+,60+,61-,62-/m0/s1. The van der Waals surface area contributed by atoms with Crippen LogP contribution in [-0.4, -0.2) is 131 Å². The van der Waals surface area contributed by atoms with Gasteiger partial charge < -0.3 is 33.9 Å². The Balaban J connectivity index is 1.22. The average Bonchev–Trinajstić information content (AvgIpc) is 3.08. The minimum absolute atomic E-state index is 0.0738. The molecule has 8 atom stereocenters. The first-order valence-corrected chi connectivity index (χ1v) is 29.0. The molecule has 2 N–H and O–H groups in total. The Hall–Kier alpha value is -6.04. The number of para-hydroxylation sites is 1. The molecule has 1 aliphatic carbocycles. The molecule has 0 unspecified atom stereocenters. The van der Waals surface area contributed by atoms with Crippen molar-refractivity contribution in [1.29, 1.82) is 0 Å². The molecule has 0 bridgehead atoms. The number of carbonyl (C=O) groups is 3. The third kappa shape index (κ3) is 8.58. The van der Waals surface area contributed by atoms with Crippen LogP contribution < -0.4 is 9.64 Å². The number of likely N-dealkylation sites (N-methyl/N-ethyl adjacent to an activating group) is 1. The summed E-state index contributed by atoms with van der Waals surface area (Å²) in [6, 6.07) is 27.8. The molecule has 1 spiro atoms. The van der Waals surface area contributed by atoms with Gasteiger partial charge in [0.2, 0.25) is 5.60 Å². The number of nitrogens with one attached hydrogen (secondary N) is 1. The van der Waals surface area contributed by atoms with E-state index in [4.69, 9.17) is 23.1 Å². The Kier molecular flexibility index (Phi) is 14.8. The van der Waals surface area contributed by atoms with Crippen LogP contribution in [0.25, 0.3) is 10.9 Å². The van der Waals surface area contributed by atoms with Crippen LogP contribution in [0.15, 0.2) is 108 Å². The Morgan fingerprint density at radius 3 is 2.24 bits per heavy atom. The first kappa shape index (κ1) is 55.3. The summed E-state index contributed by atoms with van der Waals surface area (Å²) >= 11 is 0. The van der Waals surface area contributed by atoms with Crippen LogP contribution in [0.3, 0.4) is 0 Å². The predicted molar refractivity (Wildman–Crippen MR) is 298 cm³/mol. The molecular weight excluding hydrogens is 1010 g/mol. The van der Waals surface area contributed by atoms with Crippen molar-refractivity contribution < 1.29 is 51.0 Å². The maximum absolute atomic E-state index is 16.1. The number of hydrogen-bond donors (Lipinski definition) is 2. The lowest BCUT2D eigenvalue weighted by atomic mass is 9.47. The Morgan fingerprint density at radius 1 is 0.872 bits per heavy atom. The number of aliphatic hydroxyl groups is 1. The number of nitrogens with zero attached hydrogens (tertiary/aromatic N) is 3. The molecule has 5 aliphatic rings. The van der Waals surface area contributed by atoms with Gasteiger partial charge in [-0.05, 0) is 111 Å². The van der Waals surface area contributed by atoms with Gasteiger partial charge in [0.15, 0.2) is 6.10 Å². The molecular formula is C62H76N4O11S. The van der Waals surface area contributed by atoms with Crippen LogP contribution in [0.1, 0.15) is 99.7 Å². The number of H-pyrrole nitrogens is 1. The molecule has 1 saturated heterocycles. The number of anilines is 1. The number of aromatic nitrogens is 1. The first-order chi connectivity index (χ1) is 37.4. The fraction of sp³-hybridized carbons (Fsp3) is 0.500. The van der Waals surface area contributed by atoms with E-state index in [1.807, 2.05) is 80.4 Å². The van der Waals surface area contributed by atoms with E-state index in [0.717, 1.165) is 33.2 Å². The molecule has 5 aromatic rings. The molecule has 10 rings (SSSR count). The van der Waals surface area contributed by atoms with Gasteiger partial charge in [0.1, 0.15) is 11.2 Å². The number of hydrogen-bond acceptors (Lipinski definition) is 14. The van der Waals surface area contributed by atoms with Gasteiger partial charge in [-0.1, -0.05) is 99.2 Å². The second-order valence-electron chi connectivity index (χ2n) is 22.8. The average molecular weight is 1090 g/mol. The SMILES string of the molecule is CCC(CC)(COS(=O)(=O)c1ccc(C)cc1)C[C@@H]1CN(Cc2ccccc2)CCc2c([nH]c3ccccc23)[C@@](C(=O)OC)(c2cc3c(cc2OC)N(C)[C@H]2[C@@](O)(C(=O)OC)[C@H](OC(C)=O)[C@]4(CC)C=CCN5CC[C@]32[C@@H]54)C1. The Bertz CT molecular complexity index is 3230. The molecule has 0 radical (unpaired) electrons. The normalized spacial score (nSPS) is 27.9. The van der Waals surface area contributed by atoms with E-state index < -0.39 is 67.4 Å². The van der Waals surface area contributed by atoms with Crippen molar-refractivity contribution in [3.63, 3.8) is 0 Å². The zero-order valence-electron chi connectivity index (χ0n) is 46.6. The van der Waals surface area contributed by atoms with Crippen LogP contribution in [0, 0.1) is 23.7 Å². The third-order valence-corrected chi connectivity index (χ3v) is 20.3. The van der Waals surface area contributed by atoms with Crippen LogP contribution in [-0.2, 0) is 66.7 Å². The van der Waals surface area contributed by atoms with E-state index in [9.17, 15) is 23.1 Å². The van der Waals surface area contributed by atoms with Crippen molar-refractivity contribution in [3.05, 3.63) is 137 Å². The molecule has 15 nitrogen and oxygen atoms in total. The van der Waals surface area contributed by atoms with E-state index in [1.165, 1.54) is 21.1 Å². The lowest BCUT2D eigenvalue weighted by molar-refractivity contribution is -0.228. The quantitative estimate of drug-likeness (QED) is 0.0416. The fourth-order valence-corrected chi connectivity index (χ4v) is 16.5. The van der Waals surface area contributed by atoms with Gasteiger partial charge in [0, 0.05) is 90.9 Å². The zero-order valence-corrected chi connectivity index (χ0v) is 47.4. The number of methoxy groups -OCH3 is 3. The van der Waals surface area contributed by atoms with Crippen LogP contribution in [0.4, 0.5) is 5.69 Å². The second-order valence-corrected chi connectivity index (χ2v) is 24.5. The second kappa shape index (κ2) is 20.9. The predicted octanol–water partition coefficient (Wildman–Crippen LogP) is 8.56. The third-order valence-electron chi connectivity index (χ3n) is 19.1. The van der Waals surface area contributed by atoms with Crippen LogP contribution in [0.5, 0.6) is 5.75 Å². The maximum atomic E-state index is 16.1. The van der Waals surface area contributed by atoms with E-state index in [1.54, 1.807) is 31.4 Å². The summed E-state index contributed by atoms with van der Waals surface area (Å²) in [5, 5.41) is 14.6. The summed E-state index contributed by atoms with van der Waals surface area (Å²) < 4.78 is 58.7. The smallest absolute Gasteiger partial charge is 0.344 e. The van der Waals surface area contributed by atoms with E-state index in [0.29, 0.717) is 93.9 Å². The molecule has 78 heavy (non-hydrogen) atoms. The van der Waals surface area contributed by atoms with Gasteiger partial charge >= 0.3 is 17.9 Å². The highest BCUT2D eigenvalue weighted by atomic mass is 32.2. The molecule has 416 valence electrons. The van der Waals surface area contributed by atoms with Crippen molar-refractivity contribution >= 4 is 44.6 Å². The summed E-state index contributed by atoms with van der Waals surface area (Å²) in [5.74, 6) is -1.95. The highest BCUT2D eigenvalue weighted by Crippen LogP contribution is 2.68. The number of benzene rings is 4. The summed E-state index contributed by atoms with van der Waals surface area (Å²) in [4.78, 5) is 54.8. The highest BCUT2D eigenvalue weighted by Gasteiger charge is 2.80. The minimum Gasteiger partial charge on any atom is -0.496 e. The van der Waals surface area contributed by atoms with Gasteiger partial charge in [-0.15, -0.1) is 0 Å². The number of carbonyl (C=O) groups excluding carboxylic acids is 3. The maximum Gasteiger partial charge on any atom is 0.344 e. The van der Waals surface area contributed by atoms with E-state index in [2.05, 4.69) is 52.9 Å². The summed E-state index contributed by atoms with van der Waals surface area (Å²) in [5.41, 5.74) is -0.0622. The van der Waals surface area contributed by atoms with Crippen LogP contribution in [0.2, 0.25) is 0 Å². The monoisotopic (exact) mass is 1080 g/mol. The number of esters is 3. The zero-order chi connectivity index (χ0) is 55.6. The highest BCUT2D eigenvalue weighted by molar-refractivity contribution is 7.86. The Labute approximate surface area is 459 Å². The molecule has 0 amide bonds. The molecule has 5 heterocycles. The van der Waals surface area contributed by atoms with Crippen molar-refractivity contribution in [3.8, 4) is 5.75 Å². The fourth-order valence-electron chi connectivity index (χ4n) is 15.5. The van der Waals surface area contributed by atoms with Gasteiger partial charge in [-0.25, -0.2) is 4.79 Å². The largest absolute Gasteiger partial charge is 0.496 e. The molecule has 2 fully saturated rings. The lowest BCUT2D eigenvalue weighted by Crippen LogP contribution is -2.81. The number of aryl methyl sites for hydroxylation is 1. The lowest BCUT2D eigenvalue weighted by Gasteiger charge is -2.63. The van der Waals surface area contributed by atoms with Gasteiger partial charge in [-0.2, -0.15) is 8.42 Å². The van der Waals surface area contributed by atoms with E-state index >= 15 is 4.79 Å². The van der Waals surface area contributed by atoms with Crippen molar-refractivity contribution in [2.24, 2.45) is 16.7 Å². The Morgan fingerprint density at radius 2 is 1.58 bits per heavy atom. The summed E-state index contributed by atoms with van der Waals surface area (Å²) in [6.45, 7) is 12.3. The summed E-state index contributed by atoms with van der Waals surface area (Å²) in [6.07, 6.45) is 6.13. The minimum atomic E-state index is -4.14. The number of aromatic amines is 1. The number of fused-ring (bicyclic) bond motifs is 4. The topological polar surface area (TPSA) is 177 Å². The first-order valence-electron chi connectivity index (χ1n) is 27.6. The molecule has 1 saturated carbocycles. The molecule has 1 aromatic heterocycles. The number of ether oxygens (including phenoxy) is 4. The van der Waals surface area contributed by atoms with Gasteiger partial charge in [0.05, 0.1) is 38.9 Å². The summed E-state index contributed by atoms with van der Waals surface area (Å²) in [7, 11) is 1.98. The van der Waals surface area contributed by atoms with Crippen LogP contribution >= 0.6 is 0 Å². The van der Waals surface area contributed by atoms with Crippen molar-refractivity contribution in [2.45, 2.75) is 126 Å². The molecule has 4 aliphatic heterocycles. The van der Waals surface area contributed by atoms with Crippen molar-refractivity contribution in [2.75, 3.05) is 66.1 Å². The van der Waals surface area contributed by atoms with Crippen molar-refractivity contribution in [1.82, 2.24) is 14.8 Å². The molecule has 16 heteroatoms. The molecule has 4 aromatic carbocycles. The van der Waals surface area contributed by atoms with Gasteiger partial charge in [0.25, 0.3) is 10.1 Å². The van der Waals surface area contributed by atoms with E-state index in [-0.39, 0.29) is 29.9 Å².